The quantitative estimate of drug-likeness (QED) is 0.880. The molecule has 1 atom stereocenters. The Morgan fingerprint density at radius 1 is 1.45 bits per heavy atom. The molecule has 1 aliphatic rings. The van der Waals surface area contributed by atoms with Gasteiger partial charge < -0.3 is 5.32 Å². The number of hydrogen-bond acceptors (Lipinski definition) is 3. The van der Waals surface area contributed by atoms with Gasteiger partial charge in [0.05, 0.1) is 12.1 Å². The van der Waals surface area contributed by atoms with Crippen LogP contribution in [0.4, 0.5) is 0 Å². The van der Waals surface area contributed by atoms with Crippen molar-refractivity contribution < 1.29 is 4.79 Å². The zero-order valence-electron chi connectivity index (χ0n) is 13.1. The molecule has 1 aliphatic heterocycles. The molecule has 0 aromatic carbocycles. The van der Waals surface area contributed by atoms with Crippen LogP contribution in [0, 0.1) is 13.8 Å². The number of likely N-dealkylation sites (N-methyl/N-ethyl adjacent to an activating group) is 1. The molecule has 1 fully saturated rings. The zero-order chi connectivity index (χ0) is 14.7. The number of rotatable bonds is 5. The third-order valence-electron chi connectivity index (χ3n) is 4.44. The molecule has 2 heterocycles. The monoisotopic (exact) mass is 278 g/mol. The van der Waals surface area contributed by atoms with Crippen molar-refractivity contribution in [1.82, 2.24) is 20.0 Å². The summed E-state index contributed by atoms with van der Waals surface area (Å²) < 4.78 is 1.84. The number of carbonyl (C=O) groups is 1. The first-order chi connectivity index (χ1) is 9.52. The van der Waals surface area contributed by atoms with Crippen LogP contribution in [0.2, 0.25) is 0 Å². The molecule has 0 bridgehead atoms. The molecule has 5 nitrogen and oxygen atoms in total. The second-order valence-electron chi connectivity index (χ2n) is 5.68. The standard InChI is InChI=1S/C15H26N4O/c1-5-19-8-6-7-13(19)10-16-15(20)9-14-11(2)17-18(4)12(14)3/h13H,5-10H2,1-4H3,(H,16,20). The second-order valence-corrected chi connectivity index (χ2v) is 5.68. The van der Waals surface area contributed by atoms with Gasteiger partial charge in [-0.05, 0) is 39.8 Å². The Labute approximate surface area is 121 Å². The van der Waals surface area contributed by atoms with Crippen LogP contribution in [0.1, 0.15) is 36.7 Å². The van der Waals surface area contributed by atoms with E-state index in [-0.39, 0.29) is 5.91 Å². The van der Waals surface area contributed by atoms with Crippen molar-refractivity contribution in [3.05, 3.63) is 17.0 Å². The van der Waals surface area contributed by atoms with Gasteiger partial charge in [-0.3, -0.25) is 14.4 Å². The molecular weight excluding hydrogens is 252 g/mol. The number of aromatic nitrogens is 2. The number of nitrogens with zero attached hydrogens (tertiary/aromatic N) is 3. The first-order valence-electron chi connectivity index (χ1n) is 7.52. The van der Waals surface area contributed by atoms with Crippen molar-refractivity contribution in [1.29, 1.82) is 0 Å². The largest absolute Gasteiger partial charge is 0.354 e. The van der Waals surface area contributed by atoms with Crippen molar-refractivity contribution in [2.75, 3.05) is 19.6 Å². The van der Waals surface area contributed by atoms with Gasteiger partial charge in [0.25, 0.3) is 0 Å². The van der Waals surface area contributed by atoms with Gasteiger partial charge in [-0.25, -0.2) is 0 Å². The molecule has 1 N–H and O–H groups in total. The molecule has 0 saturated carbocycles. The summed E-state index contributed by atoms with van der Waals surface area (Å²) >= 11 is 0. The van der Waals surface area contributed by atoms with Crippen LogP contribution in [-0.2, 0) is 18.3 Å². The molecule has 1 saturated heterocycles. The van der Waals surface area contributed by atoms with E-state index in [9.17, 15) is 4.79 Å². The van der Waals surface area contributed by atoms with Gasteiger partial charge in [0, 0.05) is 30.9 Å². The molecule has 1 unspecified atom stereocenters. The minimum Gasteiger partial charge on any atom is -0.354 e. The van der Waals surface area contributed by atoms with Crippen molar-refractivity contribution in [3.63, 3.8) is 0 Å². The summed E-state index contributed by atoms with van der Waals surface area (Å²) in [6.45, 7) is 9.16. The summed E-state index contributed by atoms with van der Waals surface area (Å²) in [4.78, 5) is 14.6. The molecule has 2 rings (SSSR count). The highest BCUT2D eigenvalue weighted by molar-refractivity contribution is 5.79. The molecule has 1 aromatic rings. The topological polar surface area (TPSA) is 50.2 Å². The number of hydrogen-bond donors (Lipinski definition) is 1. The van der Waals surface area contributed by atoms with Crippen LogP contribution >= 0.6 is 0 Å². The summed E-state index contributed by atoms with van der Waals surface area (Å²) in [5, 5.41) is 7.44. The fourth-order valence-electron chi connectivity index (χ4n) is 3.07. The molecule has 5 heteroatoms. The lowest BCUT2D eigenvalue weighted by Gasteiger charge is -2.22. The highest BCUT2D eigenvalue weighted by Crippen LogP contribution is 2.16. The van der Waals surface area contributed by atoms with E-state index in [0.29, 0.717) is 12.5 Å². The maximum atomic E-state index is 12.1. The van der Waals surface area contributed by atoms with Crippen LogP contribution in [0.3, 0.4) is 0 Å². The van der Waals surface area contributed by atoms with E-state index < -0.39 is 0 Å². The molecule has 1 amide bonds. The Kier molecular flexibility index (Phi) is 4.81. The van der Waals surface area contributed by atoms with Crippen molar-refractivity contribution in [2.45, 2.75) is 46.1 Å². The maximum absolute atomic E-state index is 12.1. The van der Waals surface area contributed by atoms with Gasteiger partial charge in [-0.15, -0.1) is 0 Å². The Morgan fingerprint density at radius 3 is 2.80 bits per heavy atom. The summed E-state index contributed by atoms with van der Waals surface area (Å²) in [5.74, 6) is 0.104. The highest BCUT2D eigenvalue weighted by atomic mass is 16.1. The van der Waals surface area contributed by atoms with Gasteiger partial charge in [0.15, 0.2) is 0 Å². The van der Waals surface area contributed by atoms with E-state index in [1.807, 2.05) is 25.6 Å². The van der Waals surface area contributed by atoms with Crippen molar-refractivity contribution in [2.24, 2.45) is 7.05 Å². The van der Waals surface area contributed by atoms with Crippen LogP contribution < -0.4 is 5.32 Å². The van der Waals surface area contributed by atoms with Gasteiger partial charge in [-0.1, -0.05) is 6.92 Å². The van der Waals surface area contributed by atoms with Crippen LogP contribution in [-0.4, -0.2) is 46.3 Å². The number of nitrogens with one attached hydrogen (secondary N) is 1. The number of amides is 1. The SMILES string of the molecule is CCN1CCCC1CNC(=O)Cc1c(C)nn(C)c1C. The van der Waals surface area contributed by atoms with E-state index in [1.165, 1.54) is 12.8 Å². The summed E-state index contributed by atoms with van der Waals surface area (Å²) in [6, 6.07) is 0.514. The molecule has 0 spiro atoms. The normalized spacial score (nSPS) is 19.5. The minimum atomic E-state index is 0.104. The second kappa shape index (κ2) is 6.39. The zero-order valence-corrected chi connectivity index (χ0v) is 13.1. The van der Waals surface area contributed by atoms with Crippen molar-refractivity contribution in [3.8, 4) is 0 Å². The summed E-state index contributed by atoms with van der Waals surface area (Å²) in [7, 11) is 1.92. The van der Waals surface area contributed by atoms with E-state index in [1.54, 1.807) is 0 Å². The minimum absolute atomic E-state index is 0.104. The molecular formula is C15H26N4O. The van der Waals surface area contributed by atoms with E-state index in [0.717, 1.165) is 36.6 Å². The molecule has 20 heavy (non-hydrogen) atoms. The predicted octanol–water partition coefficient (Wildman–Crippen LogP) is 1.18. The van der Waals surface area contributed by atoms with Crippen LogP contribution in [0.15, 0.2) is 0 Å². The molecule has 112 valence electrons. The number of carbonyl (C=O) groups excluding carboxylic acids is 1. The fraction of sp³-hybridized carbons (Fsp3) is 0.733. The highest BCUT2D eigenvalue weighted by Gasteiger charge is 2.23. The third kappa shape index (κ3) is 3.20. The average molecular weight is 278 g/mol. The lowest BCUT2D eigenvalue weighted by molar-refractivity contribution is -0.120. The predicted molar refractivity (Wildman–Crippen MR) is 79.7 cm³/mol. The first kappa shape index (κ1) is 15.0. The first-order valence-corrected chi connectivity index (χ1v) is 7.52. The smallest absolute Gasteiger partial charge is 0.224 e. The fourth-order valence-corrected chi connectivity index (χ4v) is 3.07. The van der Waals surface area contributed by atoms with Crippen molar-refractivity contribution >= 4 is 5.91 Å². The van der Waals surface area contributed by atoms with Gasteiger partial charge in [0.1, 0.15) is 0 Å². The lowest BCUT2D eigenvalue weighted by Crippen LogP contribution is -2.40. The van der Waals surface area contributed by atoms with Gasteiger partial charge in [0.2, 0.25) is 5.91 Å². The van der Waals surface area contributed by atoms with Crippen LogP contribution in [0.25, 0.3) is 0 Å². The van der Waals surface area contributed by atoms with E-state index in [4.69, 9.17) is 0 Å². The Morgan fingerprint density at radius 2 is 2.20 bits per heavy atom. The maximum Gasteiger partial charge on any atom is 0.224 e. The molecule has 0 aliphatic carbocycles. The van der Waals surface area contributed by atoms with Gasteiger partial charge in [-0.2, -0.15) is 5.10 Å². The molecule has 0 radical (unpaired) electrons. The molecule has 1 aromatic heterocycles. The summed E-state index contributed by atoms with van der Waals surface area (Å²) in [6.07, 6.45) is 2.87. The Bertz CT molecular complexity index is 480. The Balaban J connectivity index is 1.86. The number of likely N-dealkylation sites (tertiary alicyclic amines) is 1. The van der Waals surface area contributed by atoms with Gasteiger partial charge >= 0.3 is 0 Å². The average Bonchev–Trinajstić information content (AvgIpc) is 2.96. The Hall–Kier alpha value is -1.36. The summed E-state index contributed by atoms with van der Waals surface area (Å²) in [5.41, 5.74) is 3.09. The van der Waals surface area contributed by atoms with Crippen LogP contribution in [0.5, 0.6) is 0 Å². The van der Waals surface area contributed by atoms with E-state index in [2.05, 4.69) is 22.2 Å². The third-order valence-corrected chi connectivity index (χ3v) is 4.44. The van der Waals surface area contributed by atoms with E-state index >= 15 is 0 Å². The lowest BCUT2D eigenvalue weighted by atomic mass is 10.1. The number of aryl methyl sites for hydroxylation is 2.